The summed E-state index contributed by atoms with van der Waals surface area (Å²) in [5, 5.41) is 3.39. The zero-order valence-corrected chi connectivity index (χ0v) is 15.8. The van der Waals surface area contributed by atoms with Crippen LogP contribution in [0.1, 0.15) is 28.3 Å². The maximum absolute atomic E-state index is 5.57. The average molecular weight is 413 g/mol. The highest BCUT2D eigenvalue weighted by Crippen LogP contribution is 2.36. The number of aryl methyl sites for hydroxylation is 2. The lowest BCUT2D eigenvalue weighted by atomic mass is 9.96. The van der Waals surface area contributed by atoms with Gasteiger partial charge in [0.05, 0.1) is 13.2 Å². The molecule has 2 nitrogen and oxygen atoms in total. The van der Waals surface area contributed by atoms with E-state index in [0.717, 1.165) is 25.8 Å². The smallest absolute Gasteiger partial charge is 0.124 e. The first-order valence-electron chi connectivity index (χ1n) is 6.75. The Labute approximate surface area is 143 Å². The zero-order valence-electron chi connectivity index (χ0n) is 12.6. The highest BCUT2D eigenvalue weighted by Gasteiger charge is 2.20. The van der Waals surface area contributed by atoms with Gasteiger partial charge in [-0.05, 0) is 55.8 Å². The summed E-state index contributed by atoms with van der Waals surface area (Å²) in [6, 6.07) is 10.7. The molecule has 0 radical (unpaired) electrons. The minimum atomic E-state index is 0.0619. The van der Waals surface area contributed by atoms with Gasteiger partial charge in [0, 0.05) is 14.5 Å². The third-order valence-corrected chi connectivity index (χ3v) is 5.12. The molecular weight excluding hydrogens is 394 g/mol. The number of rotatable bonds is 4. The van der Waals surface area contributed by atoms with E-state index in [9.17, 15) is 0 Å². The molecule has 0 aromatic heterocycles. The molecule has 1 N–H and O–H groups in total. The van der Waals surface area contributed by atoms with E-state index in [1.807, 2.05) is 7.05 Å². The van der Waals surface area contributed by atoms with Gasteiger partial charge in [-0.2, -0.15) is 0 Å². The number of halogens is 2. The first-order chi connectivity index (χ1) is 9.97. The second-order valence-corrected chi connectivity index (χ2v) is 6.80. The maximum atomic E-state index is 5.57. The fraction of sp³-hybridized carbons (Fsp3) is 0.294. The van der Waals surface area contributed by atoms with E-state index in [4.69, 9.17) is 4.74 Å². The Morgan fingerprint density at radius 2 is 1.71 bits per heavy atom. The van der Waals surface area contributed by atoms with Crippen molar-refractivity contribution in [3.05, 3.63) is 61.5 Å². The van der Waals surface area contributed by atoms with Crippen molar-refractivity contribution in [1.82, 2.24) is 5.32 Å². The van der Waals surface area contributed by atoms with Crippen molar-refractivity contribution in [2.45, 2.75) is 19.9 Å². The lowest BCUT2D eigenvalue weighted by Crippen LogP contribution is -2.19. The minimum Gasteiger partial charge on any atom is -0.496 e. The summed E-state index contributed by atoms with van der Waals surface area (Å²) >= 11 is 7.29. The Balaban J connectivity index is 2.58. The third kappa shape index (κ3) is 3.50. The summed E-state index contributed by atoms with van der Waals surface area (Å²) in [4.78, 5) is 0. The van der Waals surface area contributed by atoms with Crippen LogP contribution in [0.2, 0.25) is 0 Å². The van der Waals surface area contributed by atoms with Crippen molar-refractivity contribution in [3.63, 3.8) is 0 Å². The van der Waals surface area contributed by atoms with Gasteiger partial charge in [0.25, 0.3) is 0 Å². The Hall–Kier alpha value is -0.840. The lowest BCUT2D eigenvalue weighted by Gasteiger charge is -2.22. The quantitative estimate of drug-likeness (QED) is 0.749. The largest absolute Gasteiger partial charge is 0.496 e. The van der Waals surface area contributed by atoms with Gasteiger partial charge in [0.1, 0.15) is 5.75 Å². The van der Waals surface area contributed by atoms with E-state index < -0.39 is 0 Å². The zero-order chi connectivity index (χ0) is 15.6. The molecule has 0 fully saturated rings. The molecule has 112 valence electrons. The Morgan fingerprint density at radius 3 is 2.29 bits per heavy atom. The number of benzene rings is 2. The number of ether oxygens (including phenoxy) is 1. The molecule has 1 unspecified atom stereocenters. The highest BCUT2D eigenvalue weighted by molar-refractivity contribution is 9.10. The fourth-order valence-electron chi connectivity index (χ4n) is 2.42. The predicted octanol–water partition coefficient (Wildman–Crippen LogP) is 5.15. The summed E-state index contributed by atoms with van der Waals surface area (Å²) in [5.41, 5.74) is 4.70. The molecule has 0 aliphatic rings. The molecule has 0 spiro atoms. The molecule has 0 bridgehead atoms. The molecule has 0 aliphatic heterocycles. The molecule has 1 atom stereocenters. The summed E-state index contributed by atoms with van der Waals surface area (Å²) in [6.07, 6.45) is 0. The van der Waals surface area contributed by atoms with E-state index in [-0.39, 0.29) is 6.04 Å². The Kier molecular flexibility index (Phi) is 5.47. The van der Waals surface area contributed by atoms with Crippen LogP contribution in [0.5, 0.6) is 5.75 Å². The summed E-state index contributed by atoms with van der Waals surface area (Å²) < 4.78 is 7.76. The second-order valence-electron chi connectivity index (χ2n) is 5.09. The second kappa shape index (κ2) is 6.95. The van der Waals surface area contributed by atoms with E-state index in [1.54, 1.807) is 7.11 Å². The molecular formula is C17H19Br2NO. The van der Waals surface area contributed by atoms with Gasteiger partial charge in [-0.3, -0.25) is 0 Å². The molecule has 4 heteroatoms. The van der Waals surface area contributed by atoms with Crippen LogP contribution in [0.4, 0.5) is 0 Å². The molecule has 0 amide bonds. The standard InChI is InChI=1S/C17H19Br2NO/c1-10-5-6-12(15(19)7-10)17(20-3)13-9-14(18)11(2)8-16(13)21-4/h5-9,17,20H,1-4H3. The van der Waals surface area contributed by atoms with Crippen LogP contribution in [0.3, 0.4) is 0 Å². The van der Waals surface area contributed by atoms with Gasteiger partial charge in [0.15, 0.2) is 0 Å². The molecule has 2 aromatic carbocycles. The van der Waals surface area contributed by atoms with Crippen molar-refractivity contribution in [2.24, 2.45) is 0 Å². The van der Waals surface area contributed by atoms with Crippen molar-refractivity contribution >= 4 is 31.9 Å². The van der Waals surface area contributed by atoms with Crippen LogP contribution in [-0.4, -0.2) is 14.2 Å². The average Bonchev–Trinajstić information content (AvgIpc) is 2.45. The van der Waals surface area contributed by atoms with Gasteiger partial charge < -0.3 is 10.1 Å². The van der Waals surface area contributed by atoms with Crippen LogP contribution < -0.4 is 10.1 Å². The summed E-state index contributed by atoms with van der Waals surface area (Å²) in [5.74, 6) is 0.891. The van der Waals surface area contributed by atoms with Gasteiger partial charge >= 0.3 is 0 Å². The van der Waals surface area contributed by atoms with E-state index in [0.29, 0.717) is 0 Å². The number of hydrogen-bond acceptors (Lipinski definition) is 2. The van der Waals surface area contributed by atoms with Crippen molar-refractivity contribution in [3.8, 4) is 5.75 Å². The monoisotopic (exact) mass is 411 g/mol. The van der Waals surface area contributed by atoms with Crippen molar-refractivity contribution in [1.29, 1.82) is 0 Å². The van der Waals surface area contributed by atoms with Crippen LogP contribution in [-0.2, 0) is 0 Å². The van der Waals surface area contributed by atoms with Crippen LogP contribution in [0.25, 0.3) is 0 Å². The molecule has 2 rings (SSSR count). The van der Waals surface area contributed by atoms with Crippen LogP contribution in [0.15, 0.2) is 39.3 Å². The lowest BCUT2D eigenvalue weighted by molar-refractivity contribution is 0.405. The van der Waals surface area contributed by atoms with E-state index in [1.165, 1.54) is 11.1 Å². The molecule has 0 heterocycles. The third-order valence-electron chi connectivity index (χ3n) is 3.58. The van der Waals surface area contributed by atoms with Gasteiger partial charge in [-0.25, -0.2) is 0 Å². The number of methoxy groups -OCH3 is 1. The van der Waals surface area contributed by atoms with E-state index in [2.05, 4.69) is 81.4 Å². The molecule has 0 aliphatic carbocycles. The first-order valence-corrected chi connectivity index (χ1v) is 8.34. The Bertz CT molecular complexity index is 655. The SMILES string of the molecule is CNC(c1ccc(C)cc1Br)c1cc(Br)c(C)cc1OC. The van der Waals surface area contributed by atoms with Crippen LogP contribution >= 0.6 is 31.9 Å². The van der Waals surface area contributed by atoms with Crippen LogP contribution in [0, 0.1) is 13.8 Å². The number of nitrogens with one attached hydrogen (secondary N) is 1. The summed E-state index contributed by atoms with van der Waals surface area (Å²) in [6.45, 7) is 4.15. The van der Waals surface area contributed by atoms with Gasteiger partial charge in [-0.1, -0.05) is 44.0 Å². The Morgan fingerprint density at radius 1 is 1.00 bits per heavy atom. The topological polar surface area (TPSA) is 21.3 Å². The maximum Gasteiger partial charge on any atom is 0.124 e. The molecule has 0 saturated carbocycles. The molecule has 21 heavy (non-hydrogen) atoms. The normalized spacial score (nSPS) is 12.3. The van der Waals surface area contributed by atoms with Crippen molar-refractivity contribution < 1.29 is 4.74 Å². The van der Waals surface area contributed by atoms with Crippen molar-refractivity contribution in [2.75, 3.05) is 14.2 Å². The van der Waals surface area contributed by atoms with Gasteiger partial charge in [-0.15, -0.1) is 0 Å². The predicted molar refractivity (Wildman–Crippen MR) is 95.2 cm³/mol. The molecule has 0 saturated heterocycles. The van der Waals surface area contributed by atoms with Gasteiger partial charge in [0.2, 0.25) is 0 Å². The molecule has 2 aromatic rings. The fourth-order valence-corrected chi connectivity index (χ4v) is 3.50. The summed E-state index contributed by atoms with van der Waals surface area (Å²) in [7, 11) is 3.67. The number of hydrogen-bond donors (Lipinski definition) is 1. The first kappa shape index (κ1) is 16.5. The van der Waals surface area contributed by atoms with E-state index >= 15 is 0 Å². The minimum absolute atomic E-state index is 0.0619. The highest BCUT2D eigenvalue weighted by atomic mass is 79.9.